The number of anilines is 1. The second kappa shape index (κ2) is 7.21. The SMILES string of the molecule is C[C@H](Oc1cc(F)c(-c2ccc(F)c(Cl)c2F)c2ncnc(N)c12)c1nc[nH]n1. The molecule has 11 heteroatoms. The van der Waals surface area contributed by atoms with Gasteiger partial charge in [-0.05, 0) is 19.1 Å². The minimum atomic E-state index is -1.12. The van der Waals surface area contributed by atoms with E-state index in [4.69, 9.17) is 22.1 Å². The molecule has 4 rings (SSSR count). The number of nitrogen functional groups attached to an aromatic ring is 1. The van der Waals surface area contributed by atoms with Gasteiger partial charge in [-0.3, -0.25) is 5.10 Å². The van der Waals surface area contributed by atoms with E-state index in [0.29, 0.717) is 5.82 Å². The van der Waals surface area contributed by atoms with E-state index in [2.05, 4.69) is 25.1 Å². The van der Waals surface area contributed by atoms with E-state index in [0.717, 1.165) is 24.5 Å². The molecule has 0 saturated heterocycles. The molecule has 0 radical (unpaired) electrons. The Labute approximate surface area is 166 Å². The quantitative estimate of drug-likeness (QED) is 0.479. The molecule has 0 spiro atoms. The third kappa shape index (κ3) is 3.21. The van der Waals surface area contributed by atoms with Crippen LogP contribution in [-0.4, -0.2) is 25.1 Å². The summed E-state index contributed by atoms with van der Waals surface area (Å²) < 4.78 is 49.0. The molecule has 148 valence electrons. The van der Waals surface area contributed by atoms with Crippen molar-refractivity contribution in [1.82, 2.24) is 25.1 Å². The second-order valence-corrected chi connectivity index (χ2v) is 6.43. The normalized spacial score (nSPS) is 12.3. The van der Waals surface area contributed by atoms with Gasteiger partial charge in [-0.15, -0.1) is 0 Å². The van der Waals surface area contributed by atoms with Crippen molar-refractivity contribution in [2.24, 2.45) is 0 Å². The molecule has 0 aliphatic carbocycles. The molecule has 7 nitrogen and oxygen atoms in total. The topological polar surface area (TPSA) is 103 Å². The van der Waals surface area contributed by atoms with Gasteiger partial charge in [-0.2, -0.15) is 5.10 Å². The monoisotopic (exact) mass is 420 g/mol. The van der Waals surface area contributed by atoms with Gasteiger partial charge < -0.3 is 10.5 Å². The molecule has 0 unspecified atom stereocenters. The van der Waals surface area contributed by atoms with Crippen molar-refractivity contribution in [1.29, 1.82) is 0 Å². The fourth-order valence-corrected chi connectivity index (χ4v) is 3.10. The molecular formula is C18H12ClF3N6O. The number of aromatic amines is 1. The highest BCUT2D eigenvalue weighted by Gasteiger charge is 2.24. The number of hydrogen-bond donors (Lipinski definition) is 2. The van der Waals surface area contributed by atoms with Crippen LogP contribution in [0.5, 0.6) is 5.75 Å². The number of nitrogens with zero attached hydrogens (tertiary/aromatic N) is 4. The summed E-state index contributed by atoms with van der Waals surface area (Å²) in [5.74, 6) is -2.62. The lowest BCUT2D eigenvalue weighted by Crippen LogP contribution is -2.08. The number of ether oxygens (including phenoxy) is 1. The minimum Gasteiger partial charge on any atom is -0.482 e. The van der Waals surface area contributed by atoms with Gasteiger partial charge in [0.15, 0.2) is 17.7 Å². The molecule has 0 aliphatic heterocycles. The number of hydrogen-bond acceptors (Lipinski definition) is 6. The fourth-order valence-electron chi connectivity index (χ4n) is 2.93. The summed E-state index contributed by atoms with van der Waals surface area (Å²) in [5, 5.41) is 5.87. The zero-order chi connectivity index (χ0) is 20.7. The summed E-state index contributed by atoms with van der Waals surface area (Å²) in [6.45, 7) is 1.65. The Hall–Kier alpha value is -3.40. The van der Waals surface area contributed by atoms with E-state index in [1.54, 1.807) is 6.92 Å². The van der Waals surface area contributed by atoms with Crippen LogP contribution in [0, 0.1) is 17.5 Å². The Kier molecular flexibility index (Phi) is 4.71. The maximum absolute atomic E-state index is 15.1. The van der Waals surface area contributed by atoms with Crippen LogP contribution in [0.4, 0.5) is 19.0 Å². The Morgan fingerprint density at radius 1 is 1.14 bits per heavy atom. The Bertz CT molecular complexity index is 1220. The van der Waals surface area contributed by atoms with E-state index < -0.39 is 28.6 Å². The smallest absolute Gasteiger partial charge is 0.190 e. The van der Waals surface area contributed by atoms with Crippen molar-refractivity contribution in [3.8, 4) is 16.9 Å². The molecule has 2 aromatic heterocycles. The van der Waals surface area contributed by atoms with Crippen LogP contribution in [0.25, 0.3) is 22.0 Å². The minimum absolute atomic E-state index is 0.0120. The van der Waals surface area contributed by atoms with Crippen molar-refractivity contribution >= 4 is 28.3 Å². The van der Waals surface area contributed by atoms with Crippen molar-refractivity contribution in [3.63, 3.8) is 0 Å². The molecule has 0 bridgehead atoms. The van der Waals surface area contributed by atoms with Gasteiger partial charge in [0.25, 0.3) is 0 Å². The number of nitrogens with one attached hydrogen (secondary N) is 1. The predicted octanol–water partition coefficient (Wildman–Crippen LogP) is 4.21. The summed E-state index contributed by atoms with van der Waals surface area (Å²) >= 11 is 5.65. The van der Waals surface area contributed by atoms with Gasteiger partial charge in [-0.1, -0.05) is 11.6 Å². The third-order valence-electron chi connectivity index (χ3n) is 4.26. The predicted molar refractivity (Wildman–Crippen MR) is 99.7 cm³/mol. The molecule has 0 saturated carbocycles. The highest BCUT2D eigenvalue weighted by molar-refractivity contribution is 6.31. The van der Waals surface area contributed by atoms with Gasteiger partial charge in [-0.25, -0.2) is 28.1 Å². The van der Waals surface area contributed by atoms with Crippen LogP contribution in [0.1, 0.15) is 18.9 Å². The van der Waals surface area contributed by atoms with Crippen LogP contribution >= 0.6 is 11.6 Å². The maximum atomic E-state index is 15.1. The fraction of sp³-hybridized carbons (Fsp3) is 0.111. The van der Waals surface area contributed by atoms with Crippen molar-refractivity contribution < 1.29 is 17.9 Å². The molecule has 0 amide bonds. The first-order chi connectivity index (χ1) is 13.9. The van der Waals surface area contributed by atoms with Gasteiger partial charge in [0.1, 0.15) is 40.9 Å². The Balaban J connectivity index is 1.94. The maximum Gasteiger partial charge on any atom is 0.190 e. The average Bonchev–Trinajstić information content (AvgIpc) is 3.22. The molecule has 4 aromatic rings. The number of halogens is 4. The van der Waals surface area contributed by atoms with Gasteiger partial charge >= 0.3 is 0 Å². The van der Waals surface area contributed by atoms with Crippen LogP contribution in [-0.2, 0) is 0 Å². The summed E-state index contributed by atoms with van der Waals surface area (Å²) in [6.07, 6.45) is 1.81. The van der Waals surface area contributed by atoms with Crippen molar-refractivity contribution in [3.05, 3.63) is 59.2 Å². The van der Waals surface area contributed by atoms with Crippen LogP contribution < -0.4 is 10.5 Å². The number of benzene rings is 2. The third-order valence-corrected chi connectivity index (χ3v) is 4.61. The molecule has 3 N–H and O–H groups in total. The van der Waals surface area contributed by atoms with E-state index >= 15 is 4.39 Å². The molecule has 0 fully saturated rings. The van der Waals surface area contributed by atoms with Crippen LogP contribution in [0.3, 0.4) is 0 Å². The first kappa shape index (κ1) is 18.9. The highest BCUT2D eigenvalue weighted by Crippen LogP contribution is 2.41. The van der Waals surface area contributed by atoms with E-state index in [1.807, 2.05) is 0 Å². The number of H-pyrrole nitrogens is 1. The van der Waals surface area contributed by atoms with Crippen molar-refractivity contribution in [2.45, 2.75) is 13.0 Å². The largest absolute Gasteiger partial charge is 0.482 e. The van der Waals surface area contributed by atoms with E-state index in [9.17, 15) is 8.78 Å². The summed E-state index contributed by atoms with van der Waals surface area (Å²) in [6, 6.07) is 3.03. The Morgan fingerprint density at radius 3 is 2.66 bits per heavy atom. The molecule has 2 aromatic carbocycles. The molecule has 0 aliphatic rings. The summed E-state index contributed by atoms with van der Waals surface area (Å²) in [7, 11) is 0. The molecular weight excluding hydrogens is 409 g/mol. The standard InChI is InChI=1S/C18H12ClF3N6O/c1-7(18-26-6-27-28-18)29-11-4-10(21)12(16-13(11)17(23)25-5-24-16)8-2-3-9(20)14(19)15(8)22/h2-7H,1H3,(H2,23,24,25)(H,26,27,28)/t7-/m0/s1. The average molecular weight is 421 g/mol. The van der Waals surface area contributed by atoms with E-state index in [-0.39, 0.29) is 33.6 Å². The summed E-state index contributed by atoms with van der Waals surface area (Å²) in [5.41, 5.74) is 5.44. The van der Waals surface area contributed by atoms with Crippen molar-refractivity contribution in [2.75, 3.05) is 5.73 Å². The number of aromatic nitrogens is 5. The van der Waals surface area contributed by atoms with Crippen LogP contribution in [0.2, 0.25) is 5.02 Å². The zero-order valence-corrected chi connectivity index (χ0v) is 15.5. The van der Waals surface area contributed by atoms with Crippen LogP contribution in [0.15, 0.2) is 30.9 Å². The van der Waals surface area contributed by atoms with Gasteiger partial charge in [0.05, 0.1) is 10.9 Å². The molecule has 1 atom stereocenters. The first-order valence-corrected chi connectivity index (χ1v) is 8.65. The molecule has 2 heterocycles. The van der Waals surface area contributed by atoms with E-state index in [1.165, 1.54) is 6.33 Å². The first-order valence-electron chi connectivity index (χ1n) is 8.27. The highest BCUT2D eigenvalue weighted by atomic mass is 35.5. The molecule has 29 heavy (non-hydrogen) atoms. The van der Waals surface area contributed by atoms with Gasteiger partial charge in [0.2, 0.25) is 0 Å². The zero-order valence-electron chi connectivity index (χ0n) is 14.8. The number of nitrogens with two attached hydrogens (primary N) is 1. The lowest BCUT2D eigenvalue weighted by Gasteiger charge is -2.17. The number of rotatable bonds is 4. The summed E-state index contributed by atoms with van der Waals surface area (Å²) in [4.78, 5) is 11.9. The number of fused-ring (bicyclic) bond motifs is 1. The lowest BCUT2D eigenvalue weighted by atomic mass is 10.00. The second-order valence-electron chi connectivity index (χ2n) is 6.05. The lowest BCUT2D eigenvalue weighted by molar-refractivity contribution is 0.219. The van der Waals surface area contributed by atoms with Gasteiger partial charge in [0, 0.05) is 17.2 Å². The Morgan fingerprint density at radius 2 is 1.93 bits per heavy atom.